The highest BCUT2D eigenvalue weighted by Crippen LogP contribution is 2.42. The van der Waals surface area contributed by atoms with Gasteiger partial charge >= 0.3 is 17.6 Å². The lowest BCUT2D eigenvalue weighted by Crippen LogP contribution is -2.42. The van der Waals surface area contributed by atoms with Crippen molar-refractivity contribution >= 4 is 11.8 Å². The number of nitrogens with two attached hydrogens (primary N) is 1. The van der Waals surface area contributed by atoms with Gasteiger partial charge in [0.2, 0.25) is 6.23 Å². The van der Waals surface area contributed by atoms with Crippen molar-refractivity contribution in [1.29, 1.82) is 0 Å². The average molecular weight is 528 g/mol. The van der Waals surface area contributed by atoms with Crippen molar-refractivity contribution in [3.63, 3.8) is 0 Å². The molecular weight excluding hydrogens is 484 g/mol. The lowest BCUT2D eigenvalue weighted by molar-refractivity contribution is -0.150. The van der Waals surface area contributed by atoms with Gasteiger partial charge in [0.05, 0.1) is 0 Å². The van der Waals surface area contributed by atoms with E-state index in [1.54, 1.807) is 0 Å². The number of halogens is 2. The highest BCUT2D eigenvalue weighted by Gasteiger charge is 2.60. The molecule has 3 atom stereocenters. The van der Waals surface area contributed by atoms with E-state index in [1.807, 2.05) is 0 Å². The number of ether oxygens (including phenoxy) is 2. The third-order valence-electron chi connectivity index (χ3n) is 6.53. The topological polar surface area (TPSA) is 117 Å². The minimum Gasteiger partial charge on any atom is -0.463 e. The predicted octanol–water partition coefficient (Wildman–Crippen LogP) is 5.30. The number of aromatic nitrogens is 2. The molecule has 210 valence electrons. The summed E-state index contributed by atoms with van der Waals surface area (Å²) in [6, 6.07) is 1.18. The fourth-order valence-corrected chi connectivity index (χ4v) is 4.30. The molecule has 1 saturated heterocycles. The van der Waals surface area contributed by atoms with Gasteiger partial charge in [-0.2, -0.15) is 13.8 Å². The summed E-state index contributed by atoms with van der Waals surface area (Å²) in [5, 5.41) is 9.99. The summed E-state index contributed by atoms with van der Waals surface area (Å²) in [5.41, 5.74) is 4.35. The number of alkyl halides is 2. The second kappa shape index (κ2) is 16.5. The van der Waals surface area contributed by atoms with E-state index in [1.165, 1.54) is 44.6 Å². The molecule has 0 aliphatic carbocycles. The zero-order chi connectivity index (χ0) is 27.1. The molecule has 37 heavy (non-hydrogen) atoms. The van der Waals surface area contributed by atoms with Gasteiger partial charge in [0.25, 0.3) is 0 Å². The van der Waals surface area contributed by atoms with E-state index in [4.69, 9.17) is 15.2 Å². The van der Waals surface area contributed by atoms with Crippen molar-refractivity contribution in [2.45, 2.75) is 121 Å². The number of nitrogens with zero attached hydrogens (tertiary/aromatic N) is 2. The Hall–Kier alpha value is -2.33. The van der Waals surface area contributed by atoms with E-state index in [2.05, 4.69) is 24.1 Å². The molecule has 3 N–H and O–H groups in total. The number of esters is 1. The van der Waals surface area contributed by atoms with Crippen molar-refractivity contribution in [3.05, 3.63) is 34.9 Å². The summed E-state index contributed by atoms with van der Waals surface area (Å²) in [4.78, 5) is 27.3. The van der Waals surface area contributed by atoms with E-state index in [-0.39, 0.29) is 12.2 Å². The number of aliphatic hydroxyl groups is 1. The van der Waals surface area contributed by atoms with Crippen molar-refractivity contribution in [2.75, 3.05) is 12.3 Å². The van der Waals surface area contributed by atoms with Crippen molar-refractivity contribution in [2.24, 2.45) is 0 Å². The molecule has 0 spiro atoms. The van der Waals surface area contributed by atoms with E-state index in [0.717, 1.165) is 44.7 Å². The SMILES string of the molecule is CCCCCCCC/C=C/CCCCCCCC(=O)OC[C@H]1O[C@@H](n2ccc(N)nc2=O)C(F)(F)[C@H]1O. The fraction of sp³-hybridized carbons (Fsp3) is 0.741. The molecule has 1 aliphatic rings. The van der Waals surface area contributed by atoms with Crippen LogP contribution in [0.4, 0.5) is 14.6 Å². The number of aliphatic hydroxyl groups excluding tert-OH is 1. The fourth-order valence-electron chi connectivity index (χ4n) is 4.30. The Labute approximate surface area is 218 Å². The molecule has 2 heterocycles. The van der Waals surface area contributed by atoms with Gasteiger partial charge < -0.3 is 20.3 Å². The smallest absolute Gasteiger partial charge is 0.351 e. The molecule has 2 rings (SSSR count). The first-order chi connectivity index (χ1) is 17.8. The third-order valence-corrected chi connectivity index (χ3v) is 6.53. The second-order valence-electron chi connectivity index (χ2n) is 9.71. The summed E-state index contributed by atoms with van der Waals surface area (Å²) >= 11 is 0. The molecule has 1 aliphatic heterocycles. The van der Waals surface area contributed by atoms with E-state index >= 15 is 0 Å². The van der Waals surface area contributed by atoms with E-state index in [0.29, 0.717) is 11.0 Å². The third kappa shape index (κ3) is 10.5. The molecule has 0 amide bonds. The molecule has 10 heteroatoms. The van der Waals surface area contributed by atoms with Crippen LogP contribution in [0.15, 0.2) is 29.2 Å². The highest BCUT2D eigenvalue weighted by molar-refractivity contribution is 5.69. The zero-order valence-electron chi connectivity index (χ0n) is 22.0. The van der Waals surface area contributed by atoms with Gasteiger partial charge in [-0.3, -0.25) is 9.36 Å². The Kier molecular flexibility index (Phi) is 13.8. The number of hydrogen-bond acceptors (Lipinski definition) is 7. The summed E-state index contributed by atoms with van der Waals surface area (Å²) < 4.78 is 39.8. The van der Waals surface area contributed by atoms with E-state index in [9.17, 15) is 23.5 Å². The van der Waals surface area contributed by atoms with Crippen LogP contribution in [0.5, 0.6) is 0 Å². The van der Waals surface area contributed by atoms with Gasteiger partial charge in [0.15, 0.2) is 6.10 Å². The first-order valence-corrected chi connectivity index (χ1v) is 13.6. The maximum Gasteiger partial charge on any atom is 0.351 e. The van der Waals surface area contributed by atoms with E-state index < -0.39 is 42.6 Å². The molecular formula is C27H43F2N3O5. The van der Waals surface area contributed by atoms with Crippen LogP contribution in [0, 0.1) is 0 Å². The first kappa shape index (κ1) is 30.9. The minimum atomic E-state index is -3.78. The predicted molar refractivity (Wildman–Crippen MR) is 138 cm³/mol. The number of allylic oxidation sites excluding steroid dienone is 2. The molecule has 0 radical (unpaired) electrons. The number of unbranched alkanes of at least 4 members (excludes halogenated alkanes) is 11. The second-order valence-corrected chi connectivity index (χ2v) is 9.71. The Balaban J connectivity index is 1.54. The highest BCUT2D eigenvalue weighted by atomic mass is 19.3. The van der Waals surface area contributed by atoms with Crippen molar-refractivity contribution < 1.29 is 28.2 Å². The van der Waals surface area contributed by atoms with Crippen molar-refractivity contribution in [3.8, 4) is 0 Å². The largest absolute Gasteiger partial charge is 0.463 e. The van der Waals surface area contributed by atoms with Crippen molar-refractivity contribution in [1.82, 2.24) is 9.55 Å². The number of anilines is 1. The summed E-state index contributed by atoms with van der Waals surface area (Å²) in [6.07, 6.45) is 14.8. The first-order valence-electron chi connectivity index (χ1n) is 13.6. The van der Waals surface area contributed by atoms with Crippen LogP contribution in [-0.2, 0) is 14.3 Å². The minimum absolute atomic E-state index is 0.121. The number of rotatable bonds is 18. The quantitative estimate of drug-likeness (QED) is 0.151. The number of carbonyl (C=O) groups is 1. The van der Waals surface area contributed by atoms with Crippen LogP contribution in [0.25, 0.3) is 0 Å². The van der Waals surface area contributed by atoms with Gasteiger partial charge in [-0.1, -0.05) is 70.4 Å². The molecule has 1 fully saturated rings. The number of carbonyl (C=O) groups excluding carboxylic acids is 1. The molecule has 0 saturated carbocycles. The molecule has 1 aromatic heterocycles. The Bertz CT molecular complexity index is 893. The Morgan fingerprint density at radius 3 is 2.32 bits per heavy atom. The van der Waals surface area contributed by atoms with Gasteiger partial charge in [-0.15, -0.1) is 0 Å². The molecule has 0 aromatic carbocycles. The lowest BCUT2D eigenvalue weighted by Gasteiger charge is -2.20. The van der Waals surface area contributed by atoms with Gasteiger partial charge in [0.1, 0.15) is 18.5 Å². The summed E-state index contributed by atoms with van der Waals surface area (Å²) in [6.45, 7) is 1.70. The summed E-state index contributed by atoms with van der Waals surface area (Å²) in [7, 11) is 0. The monoisotopic (exact) mass is 527 g/mol. The van der Waals surface area contributed by atoms with Crippen LogP contribution < -0.4 is 11.4 Å². The Morgan fingerprint density at radius 2 is 1.70 bits per heavy atom. The lowest BCUT2D eigenvalue weighted by atomic mass is 10.1. The van der Waals surface area contributed by atoms with Crippen LogP contribution in [0.2, 0.25) is 0 Å². The van der Waals surface area contributed by atoms with Crippen LogP contribution in [0.3, 0.4) is 0 Å². The normalized spacial score (nSPS) is 21.0. The average Bonchev–Trinajstić information content (AvgIpc) is 3.08. The van der Waals surface area contributed by atoms with Crippen LogP contribution in [-0.4, -0.2) is 45.4 Å². The number of nitrogen functional groups attached to an aromatic ring is 1. The maximum atomic E-state index is 14.5. The van der Waals surface area contributed by atoms with Crippen LogP contribution in [0.1, 0.15) is 103 Å². The zero-order valence-corrected chi connectivity index (χ0v) is 22.0. The van der Waals surface area contributed by atoms with Gasteiger partial charge in [-0.25, -0.2) is 4.79 Å². The maximum absolute atomic E-state index is 14.5. The summed E-state index contributed by atoms with van der Waals surface area (Å²) in [5.74, 6) is -4.43. The molecule has 0 unspecified atom stereocenters. The van der Waals surface area contributed by atoms with Crippen LogP contribution >= 0.6 is 0 Å². The molecule has 0 bridgehead atoms. The Morgan fingerprint density at radius 1 is 1.11 bits per heavy atom. The molecule has 8 nitrogen and oxygen atoms in total. The number of hydrogen-bond donors (Lipinski definition) is 2. The van der Waals surface area contributed by atoms with Gasteiger partial charge in [0, 0.05) is 12.6 Å². The molecule has 1 aromatic rings. The van der Waals surface area contributed by atoms with Gasteiger partial charge in [-0.05, 0) is 38.2 Å². The standard InChI is InChI=1S/C27H43F2N3O5/c1-2-3-4-5-6-7-8-9-10-11-12-13-14-15-16-17-23(33)36-20-21-24(34)27(28,29)25(37-21)32-19-18-22(30)31-26(32)35/h9-10,18-19,21,24-25,34H,2-8,11-17,20H2,1H3,(H2,30,31,35)/b10-9+/t21-,24+,25-/m1/s1.